The molecule has 4 nitrogen and oxygen atoms in total. The van der Waals surface area contributed by atoms with Crippen molar-refractivity contribution < 1.29 is 14.7 Å². The van der Waals surface area contributed by atoms with E-state index in [0.29, 0.717) is 10.7 Å². The minimum Gasteiger partial charge on any atom is -0.481 e. The van der Waals surface area contributed by atoms with E-state index in [0.717, 1.165) is 6.42 Å². The number of amides is 1. The molecule has 6 atom stereocenters. The van der Waals surface area contributed by atoms with Crippen LogP contribution in [-0.4, -0.2) is 26.6 Å². The molecular weight excluding hydrogens is 437 g/mol. The summed E-state index contributed by atoms with van der Waals surface area (Å²) in [5.74, 6) is -2.33. The Morgan fingerprint density at radius 1 is 1.18 bits per heavy atom. The molecule has 2 aliphatic rings. The SMILES string of the molecule is O=C(O)[C@@H]1[C@H]2C[C@@H]([C@H](Br)[C@H]2Br)[C@@H]1C(=O)Nc1cccc(Cl)c1. The number of nitrogens with one attached hydrogen (secondary N) is 1. The molecule has 0 aromatic heterocycles. The van der Waals surface area contributed by atoms with Crippen LogP contribution in [0.4, 0.5) is 5.69 Å². The maximum absolute atomic E-state index is 12.6. The second kappa shape index (κ2) is 6.13. The van der Waals surface area contributed by atoms with Crippen molar-refractivity contribution in [3.05, 3.63) is 29.3 Å². The second-order valence-corrected chi connectivity index (χ2v) is 8.39. The largest absolute Gasteiger partial charge is 0.481 e. The molecule has 3 rings (SSSR count). The van der Waals surface area contributed by atoms with Crippen molar-refractivity contribution in [3.63, 3.8) is 0 Å². The molecule has 0 unspecified atom stereocenters. The molecule has 0 aliphatic heterocycles. The minimum absolute atomic E-state index is 0.0228. The molecule has 2 aliphatic carbocycles. The van der Waals surface area contributed by atoms with Gasteiger partial charge in [-0.2, -0.15) is 0 Å². The first-order valence-corrected chi connectivity index (χ1v) is 9.18. The number of hydrogen-bond donors (Lipinski definition) is 2. The van der Waals surface area contributed by atoms with Crippen LogP contribution in [0.25, 0.3) is 0 Å². The number of fused-ring (bicyclic) bond motifs is 2. The third-order valence-corrected chi connectivity index (χ3v) is 8.10. The number of anilines is 1. The van der Waals surface area contributed by atoms with Gasteiger partial charge < -0.3 is 10.4 Å². The quantitative estimate of drug-likeness (QED) is 0.688. The van der Waals surface area contributed by atoms with E-state index in [2.05, 4.69) is 37.2 Å². The predicted octanol–water partition coefficient (Wildman–Crippen LogP) is 3.77. The van der Waals surface area contributed by atoms with Gasteiger partial charge in [0.2, 0.25) is 5.91 Å². The summed E-state index contributed by atoms with van der Waals surface area (Å²) in [6, 6.07) is 6.86. The molecule has 0 radical (unpaired) electrons. The van der Waals surface area contributed by atoms with Crippen molar-refractivity contribution in [3.8, 4) is 0 Å². The van der Waals surface area contributed by atoms with Crippen molar-refractivity contribution in [2.24, 2.45) is 23.7 Å². The highest BCUT2D eigenvalue weighted by Gasteiger charge is 2.61. The summed E-state index contributed by atoms with van der Waals surface area (Å²) in [6.45, 7) is 0. The lowest BCUT2D eigenvalue weighted by Gasteiger charge is -2.33. The summed E-state index contributed by atoms with van der Waals surface area (Å²) >= 11 is 13.1. The molecular formula is C15H14Br2ClNO3. The zero-order chi connectivity index (χ0) is 16.0. The Morgan fingerprint density at radius 2 is 1.82 bits per heavy atom. The third kappa shape index (κ3) is 2.69. The van der Waals surface area contributed by atoms with E-state index >= 15 is 0 Å². The van der Waals surface area contributed by atoms with Gasteiger partial charge in [-0.25, -0.2) is 0 Å². The molecule has 1 aromatic carbocycles. The second-order valence-electron chi connectivity index (χ2n) is 5.84. The Bertz CT molecular complexity index is 627. The average molecular weight is 452 g/mol. The molecule has 2 fully saturated rings. The van der Waals surface area contributed by atoms with Crippen LogP contribution in [0.15, 0.2) is 24.3 Å². The number of carboxylic acid groups (broad SMARTS) is 1. The summed E-state index contributed by atoms with van der Waals surface area (Å²) in [5, 5.41) is 12.9. The van der Waals surface area contributed by atoms with Crippen LogP contribution in [-0.2, 0) is 9.59 Å². The first kappa shape index (κ1) is 16.3. The maximum Gasteiger partial charge on any atom is 0.307 e. The maximum atomic E-state index is 12.6. The van der Waals surface area contributed by atoms with Crippen molar-refractivity contribution in [2.45, 2.75) is 16.1 Å². The number of carbonyl (C=O) groups is 2. The van der Waals surface area contributed by atoms with E-state index in [1.54, 1.807) is 24.3 Å². The van der Waals surface area contributed by atoms with Gasteiger partial charge in [0.05, 0.1) is 11.8 Å². The number of halogens is 3. The Hall–Kier alpha value is -0.590. The molecule has 2 bridgehead atoms. The van der Waals surface area contributed by atoms with Gasteiger partial charge in [-0.3, -0.25) is 9.59 Å². The van der Waals surface area contributed by atoms with Crippen LogP contribution in [0.3, 0.4) is 0 Å². The van der Waals surface area contributed by atoms with Crippen LogP contribution < -0.4 is 5.32 Å². The molecule has 2 N–H and O–H groups in total. The lowest BCUT2D eigenvalue weighted by atomic mass is 9.78. The van der Waals surface area contributed by atoms with Gasteiger partial charge in [0, 0.05) is 20.4 Å². The van der Waals surface area contributed by atoms with E-state index in [1.807, 2.05) is 0 Å². The molecule has 7 heteroatoms. The van der Waals surface area contributed by atoms with Gasteiger partial charge in [0.25, 0.3) is 0 Å². The van der Waals surface area contributed by atoms with Crippen molar-refractivity contribution in [2.75, 3.05) is 5.32 Å². The normalized spacial score (nSPS) is 36.3. The summed E-state index contributed by atoms with van der Waals surface area (Å²) < 4.78 is 0. The molecule has 118 valence electrons. The summed E-state index contributed by atoms with van der Waals surface area (Å²) in [5.41, 5.74) is 0.589. The average Bonchev–Trinajstić information content (AvgIpc) is 2.97. The predicted molar refractivity (Wildman–Crippen MR) is 91.7 cm³/mol. The number of hydrogen-bond acceptors (Lipinski definition) is 2. The van der Waals surface area contributed by atoms with Crippen molar-refractivity contribution in [1.29, 1.82) is 0 Å². The van der Waals surface area contributed by atoms with Gasteiger partial charge in [0.1, 0.15) is 0 Å². The summed E-state index contributed by atoms with van der Waals surface area (Å²) in [6.07, 6.45) is 0.746. The van der Waals surface area contributed by atoms with E-state index in [9.17, 15) is 14.7 Å². The van der Waals surface area contributed by atoms with E-state index < -0.39 is 17.8 Å². The van der Waals surface area contributed by atoms with Gasteiger partial charge in [-0.1, -0.05) is 49.5 Å². The Morgan fingerprint density at radius 3 is 2.41 bits per heavy atom. The highest BCUT2D eigenvalue weighted by Crippen LogP contribution is 2.57. The van der Waals surface area contributed by atoms with Crippen LogP contribution in [0.1, 0.15) is 6.42 Å². The molecule has 22 heavy (non-hydrogen) atoms. The highest BCUT2D eigenvalue weighted by molar-refractivity contribution is 9.12. The fourth-order valence-corrected chi connectivity index (χ4v) is 5.82. The fraction of sp³-hybridized carbons (Fsp3) is 0.467. The number of benzene rings is 1. The lowest BCUT2D eigenvalue weighted by molar-refractivity contribution is -0.148. The number of alkyl halides is 2. The van der Waals surface area contributed by atoms with Gasteiger partial charge in [-0.15, -0.1) is 0 Å². The number of rotatable bonds is 3. The zero-order valence-corrected chi connectivity index (χ0v) is 15.3. The standard InChI is InChI=1S/C15H14Br2ClNO3/c16-12-8-5-9(13(12)17)11(15(21)22)10(8)14(20)19-7-3-1-2-6(18)4-7/h1-4,8-13H,5H2,(H,19,20)(H,21,22)/t8-,9-,10+,11-,12+,13+/m1/s1. The first-order chi connectivity index (χ1) is 10.4. The van der Waals surface area contributed by atoms with Crippen LogP contribution in [0, 0.1) is 23.7 Å². The van der Waals surface area contributed by atoms with E-state index in [4.69, 9.17) is 11.6 Å². The third-order valence-electron chi connectivity index (χ3n) is 4.66. The topological polar surface area (TPSA) is 66.4 Å². The highest BCUT2D eigenvalue weighted by atomic mass is 79.9. The first-order valence-electron chi connectivity index (χ1n) is 6.97. The van der Waals surface area contributed by atoms with Gasteiger partial charge >= 0.3 is 5.97 Å². The monoisotopic (exact) mass is 449 g/mol. The minimum atomic E-state index is -0.900. The Balaban J connectivity index is 1.83. The Labute approximate surface area is 149 Å². The molecule has 1 aromatic rings. The van der Waals surface area contributed by atoms with Gasteiger partial charge in [-0.05, 0) is 36.5 Å². The number of carbonyl (C=O) groups excluding carboxylic acids is 1. The zero-order valence-electron chi connectivity index (χ0n) is 11.4. The van der Waals surface area contributed by atoms with Crippen molar-refractivity contribution in [1.82, 2.24) is 0 Å². The smallest absolute Gasteiger partial charge is 0.307 e. The molecule has 0 saturated heterocycles. The van der Waals surface area contributed by atoms with Crippen molar-refractivity contribution >= 4 is 61.0 Å². The number of carboxylic acids is 1. The lowest BCUT2D eigenvalue weighted by Crippen LogP contribution is -2.45. The van der Waals surface area contributed by atoms with E-state index in [1.165, 1.54) is 0 Å². The van der Waals surface area contributed by atoms with Gasteiger partial charge in [0.15, 0.2) is 0 Å². The summed E-state index contributed by atoms with van der Waals surface area (Å²) in [7, 11) is 0. The Kier molecular flexibility index (Phi) is 4.54. The molecule has 0 spiro atoms. The molecule has 2 saturated carbocycles. The van der Waals surface area contributed by atoms with E-state index in [-0.39, 0.29) is 27.4 Å². The molecule has 1 amide bonds. The number of aliphatic carboxylic acids is 1. The molecule has 0 heterocycles. The van der Waals surface area contributed by atoms with Crippen LogP contribution in [0.5, 0.6) is 0 Å². The van der Waals surface area contributed by atoms with Crippen LogP contribution in [0.2, 0.25) is 5.02 Å². The van der Waals surface area contributed by atoms with Crippen LogP contribution >= 0.6 is 43.5 Å². The fourth-order valence-electron chi connectivity index (χ4n) is 3.75. The summed E-state index contributed by atoms with van der Waals surface area (Å²) in [4.78, 5) is 24.5.